The minimum atomic E-state index is -0.184. The first-order chi connectivity index (χ1) is 17.6. The zero-order valence-electron chi connectivity index (χ0n) is 19.7. The number of nitrogens with zero attached hydrogens (tertiary/aromatic N) is 5. The van der Waals surface area contributed by atoms with Gasteiger partial charge in [-0.05, 0) is 48.7 Å². The topological polar surface area (TPSA) is 79.8 Å². The fraction of sp³-hybridized carbons (Fsp3) is 0.214. The van der Waals surface area contributed by atoms with E-state index in [2.05, 4.69) is 21.4 Å². The van der Waals surface area contributed by atoms with Crippen LogP contribution in [0.5, 0.6) is 11.5 Å². The number of carbonyl (C=O) groups is 1. The van der Waals surface area contributed by atoms with E-state index in [-0.39, 0.29) is 17.0 Å². The number of benzene rings is 2. The van der Waals surface area contributed by atoms with Crippen LogP contribution in [0, 0.1) is 0 Å². The minimum absolute atomic E-state index is 0.0344. The third kappa shape index (κ3) is 3.90. The molecule has 2 aliphatic rings. The van der Waals surface area contributed by atoms with Crippen molar-refractivity contribution in [2.75, 3.05) is 24.5 Å². The van der Waals surface area contributed by atoms with Gasteiger partial charge in [0.15, 0.2) is 0 Å². The molecule has 8 heteroatoms. The molecule has 1 amide bonds. The highest BCUT2D eigenvalue weighted by Gasteiger charge is 2.55. The van der Waals surface area contributed by atoms with E-state index >= 15 is 0 Å². The molecule has 1 atom stereocenters. The SMILES string of the molecule is C=CC(=O)N1CCCC2(C1)CN2c1cc2ncc(-c3ccc(Oc4ccccc4)cc3)c(=O)n2cn1. The van der Waals surface area contributed by atoms with Crippen molar-refractivity contribution in [3.8, 4) is 22.6 Å². The molecule has 4 aromatic rings. The van der Waals surface area contributed by atoms with E-state index in [0.717, 1.165) is 43.1 Å². The molecule has 8 nitrogen and oxygen atoms in total. The van der Waals surface area contributed by atoms with Crippen LogP contribution in [-0.4, -0.2) is 50.3 Å². The summed E-state index contributed by atoms with van der Waals surface area (Å²) >= 11 is 0. The van der Waals surface area contributed by atoms with Gasteiger partial charge >= 0.3 is 0 Å². The summed E-state index contributed by atoms with van der Waals surface area (Å²) in [7, 11) is 0. The molecule has 2 fully saturated rings. The number of rotatable bonds is 5. The molecule has 0 radical (unpaired) electrons. The Morgan fingerprint density at radius 2 is 1.81 bits per heavy atom. The number of anilines is 1. The molecule has 36 heavy (non-hydrogen) atoms. The highest BCUT2D eigenvalue weighted by atomic mass is 16.5. The van der Waals surface area contributed by atoms with E-state index in [4.69, 9.17) is 4.74 Å². The molecule has 4 heterocycles. The van der Waals surface area contributed by atoms with E-state index in [0.29, 0.717) is 23.5 Å². The van der Waals surface area contributed by atoms with Gasteiger partial charge < -0.3 is 14.5 Å². The van der Waals surface area contributed by atoms with Gasteiger partial charge in [0.1, 0.15) is 29.3 Å². The van der Waals surface area contributed by atoms with Crippen molar-refractivity contribution in [3.05, 3.63) is 96.2 Å². The Balaban J connectivity index is 1.23. The van der Waals surface area contributed by atoms with Crippen LogP contribution >= 0.6 is 0 Å². The molecule has 6 rings (SSSR count). The van der Waals surface area contributed by atoms with Crippen molar-refractivity contribution in [2.24, 2.45) is 0 Å². The predicted molar refractivity (Wildman–Crippen MR) is 137 cm³/mol. The van der Waals surface area contributed by atoms with E-state index in [1.807, 2.05) is 65.6 Å². The van der Waals surface area contributed by atoms with Gasteiger partial charge in [-0.25, -0.2) is 9.97 Å². The van der Waals surface area contributed by atoms with Crippen LogP contribution in [-0.2, 0) is 4.79 Å². The van der Waals surface area contributed by atoms with Gasteiger partial charge in [-0.15, -0.1) is 0 Å². The largest absolute Gasteiger partial charge is 0.457 e. The first kappa shape index (κ1) is 22.0. The van der Waals surface area contributed by atoms with Crippen molar-refractivity contribution in [2.45, 2.75) is 18.4 Å². The highest BCUT2D eigenvalue weighted by molar-refractivity contribution is 5.87. The number of para-hydroxylation sites is 1. The van der Waals surface area contributed by atoms with Crippen molar-refractivity contribution in [1.82, 2.24) is 19.3 Å². The standard InChI is InChI=1S/C28H25N5O3/c1-2-26(34)31-14-6-13-28(17-31)18-33(28)25-15-24-29-16-23(27(35)32(24)19-30-25)20-9-11-22(12-10-20)36-21-7-4-3-5-8-21/h2-5,7-12,15-16,19H,1,6,13-14,17-18H2. The van der Waals surface area contributed by atoms with Gasteiger partial charge in [0.25, 0.3) is 5.56 Å². The maximum absolute atomic E-state index is 13.2. The molecule has 2 aromatic carbocycles. The summed E-state index contributed by atoms with van der Waals surface area (Å²) in [5, 5.41) is 0. The van der Waals surface area contributed by atoms with E-state index in [1.165, 1.54) is 16.8 Å². The summed E-state index contributed by atoms with van der Waals surface area (Å²) in [5.74, 6) is 2.17. The van der Waals surface area contributed by atoms with Gasteiger partial charge in [-0.1, -0.05) is 36.9 Å². The lowest BCUT2D eigenvalue weighted by atomic mass is 9.97. The average Bonchev–Trinajstić information content (AvgIpc) is 3.61. The van der Waals surface area contributed by atoms with Gasteiger partial charge in [0.05, 0.1) is 11.1 Å². The highest BCUT2D eigenvalue weighted by Crippen LogP contribution is 2.43. The molecule has 0 N–H and O–H groups in total. The minimum Gasteiger partial charge on any atom is -0.457 e. The number of hydrogen-bond acceptors (Lipinski definition) is 6. The molecule has 0 aliphatic carbocycles. The zero-order valence-corrected chi connectivity index (χ0v) is 19.7. The summed E-state index contributed by atoms with van der Waals surface area (Å²) in [5.41, 5.74) is 1.51. The van der Waals surface area contributed by atoms with Crippen molar-refractivity contribution < 1.29 is 9.53 Å². The molecule has 1 spiro atoms. The Hall–Kier alpha value is -4.46. The van der Waals surface area contributed by atoms with Gasteiger partial charge in [0.2, 0.25) is 5.91 Å². The number of likely N-dealkylation sites (tertiary alicyclic amines) is 1. The lowest BCUT2D eigenvalue weighted by Crippen LogP contribution is -2.45. The Morgan fingerprint density at radius 3 is 2.58 bits per heavy atom. The van der Waals surface area contributed by atoms with Crippen LogP contribution in [0.3, 0.4) is 0 Å². The number of fused-ring (bicyclic) bond motifs is 1. The number of carbonyl (C=O) groups excluding carboxylic acids is 1. The smallest absolute Gasteiger partial charge is 0.266 e. The molecule has 0 bridgehead atoms. The molecule has 2 saturated heterocycles. The number of aromatic nitrogens is 3. The normalized spacial score (nSPS) is 18.9. The summed E-state index contributed by atoms with van der Waals surface area (Å²) in [6.45, 7) is 5.86. The predicted octanol–water partition coefficient (Wildman–Crippen LogP) is 3.92. The van der Waals surface area contributed by atoms with Crippen LogP contribution in [0.4, 0.5) is 5.82 Å². The number of piperidine rings is 1. The number of hydrogen-bond donors (Lipinski definition) is 0. The fourth-order valence-electron chi connectivity index (χ4n) is 5.00. The summed E-state index contributed by atoms with van der Waals surface area (Å²) in [4.78, 5) is 38.5. The number of amides is 1. The molecule has 0 saturated carbocycles. The van der Waals surface area contributed by atoms with Crippen LogP contribution in [0.2, 0.25) is 0 Å². The summed E-state index contributed by atoms with van der Waals surface area (Å²) in [6, 6.07) is 18.8. The van der Waals surface area contributed by atoms with Crippen molar-refractivity contribution in [1.29, 1.82) is 0 Å². The Kier molecular flexibility index (Phi) is 5.29. The van der Waals surface area contributed by atoms with Crippen LogP contribution in [0.25, 0.3) is 16.8 Å². The second-order valence-corrected chi connectivity index (χ2v) is 9.27. The van der Waals surface area contributed by atoms with E-state index < -0.39 is 0 Å². The Bertz CT molecular complexity index is 1520. The molecule has 2 aliphatic heterocycles. The molecular weight excluding hydrogens is 454 g/mol. The first-order valence-corrected chi connectivity index (χ1v) is 12.0. The third-order valence-corrected chi connectivity index (χ3v) is 6.97. The Morgan fingerprint density at radius 1 is 1.03 bits per heavy atom. The molecular formula is C28H25N5O3. The molecule has 180 valence electrons. The quantitative estimate of drug-likeness (QED) is 0.319. The molecule has 2 aromatic heterocycles. The van der Waals surface area contributed by atoms with Gasteiger partial charge in [-0.2, -0.15) is 0 Å². The van der Waals surface area contributed by atoms with Crippen LogP contribution < -0.4 is 15.2 Å². The summed E-state index contributed by atoms with van der Waals surface area (Å²) in [6.07, 6.45) is 6.47. The van der Waals surface area contributed by atoms with Gasteiger partial charge in [-0.3, -0.25) is 14.0 Å². The lowest BCUT2D eigenvalue weighted by molar-refractivity contribution is -0.127. The van der Waals surface area contributed by atoms with Crippen LogP contribution in [0.1, 0.15) is 12.8 Å². The fourth-order valence-corrected chi connectivity index (χ4v) is 5.00. The third-order valence-electron chi connectivity index (χ3n) is 6.97. The first-order valence-electron chi connectivity index (χ1n) is 12.0. The lowest BCUT2D eigenvalue weighted by Gasteiger charge is -2.32. The van der Waals surface area contributed by atoms with Crippen LogP contribution in [0.15, 0.2) is 90.6 Å². The van der Waals surface area contributed by atoms with Gasteiger partial charge in [0, 0.05) is 31.9 Å². The Labute approximate surface area is 208 Å². The van der Waals surface area contributed by atoms with Crippen molar-refractivity contribution in [3.63, 3.8) is 0 Å². The zero-order chi connectivity index (χ0) is 24.7. The summed E-state index contributed by atoms with van der Waals surface area (Å²) < 4.78 is 7.31. The maximum Gasteiger partial charge on any atom is 0.266 e. The van der Waals surface area contributed by atoms with E-state index in [1.54, 1.807) is 6.20 Å². The molecule has 1 unspecified atom stereocenters. The second kappa shape index (κ2) is 8.64. The van der Waals surface area contributed by atoms with E-state index in [9.17, 15) is 9.59 Å². The maximum atomic E-state index is 13.2. The monoisotopic (exact) mass is 479 g/mol. The number of ether oxygens (including phenoxy) is 1. The second-order valence-electron chi connectivity index (χ2n) is 9.27. The van der Waals surface area contributed by atoms with Crippen molar-refractivity contribution >= 4 is 17.4 Å². The average molecular weight is 480 g/mol.